The van der Waals surface area contributed by atoms with E-state index in [4.69, 9.17) is 4.74 Å². The lowest BCUT2D eigenvalue weighted by Crippen LogP contribution is -2.13. The highest BCUT2D eigenvalue weighted by Crippen LogP contribution is 2.28. The summed E-state index contributed by atoms with van der Waals surface area (Å²) in [5.74, 6) is -0.784. The van der Waals surface area contributed by atoms with Gasteiger partial charge in [0.2, 0.25) is 5.88 Å². The summed E-state index contributed by atoms with van der Waals surface area (Å²) in [6.45, 7) is 4.04. The lowest BCUT2D eigenvalue weighted by molar-refractivity contribution is 0.0975. The van der Waals surface area contributed by atoms with Gasteiger partial charge in [0.25, 0.3) is 0 Å². The van der Waals surface area contributed by atoms with Crippen molar-refractivity contribution in [1.82, 2.24) is 9.97 Å². The Morgan fingerprint density at radius 1 is 1.48 bits per heavy atom. The predicted octanol–water partition coefficient (Wildman–Crippen LogP) is 3.16. The molecule has 5 nitrogen and oxygen atoms in total. The number of Topliss-reactive ketones (excluding diaryl/α,β-unsaturated/α-hetero) is 1. The average molecular weight is 301 g/mol. The maximum atomic E-state index is 12.6. The van der Waals surface area contributed by atoms with E-state index in [1.165, 1.54) is 24.6 Å². The number of rotatable bonds is 5. The zero-order chi connectivity index (χ0) is 15.4. The molecule has 2 aromatic heterocycles. The number of thiazole rings is 1. The minimum Gasteiger partial charge on any atom is -0.480 e. The van der Waals surface area contributed by atoms with Crippen LogP contribution in [-0.4, -0.2) is 22.9 Å². The zero-order valence-electron chi connectivity index (χ0n) is 12.0. The average Bonchev–Trinajstić information content (AvgIpc) is 2.97. The molecule has 0 aliphatic heterocycles. The molecule has 0 bridgehead atoms. The first kappa shape index (κ1) is 15.1. The number of carbonyl (C=O) groups is 1. The molecule has 0 amide bonds. The topological polar surface area (TPSA) is 75.9 Å². The van der Waals surface area contributed by atoms with Crippen molar-refractivity contribution in [2.24, 2.45) is 0 Å². The van der Waals surface area contributed by atoms with Gasteiger partial charge in [0, 0.05) is 11.6 Å². The smallest absolute Gasteiger partial charge is 0.224 e. The van der Waals surface area contributed by atoms with E-state index in [1.54, 1.807) is 12.1 Å². The van der Waals surface area contributed by atoms with Gasteiger partial charge in [0.05, 0.1) is 24.4 Å². The SMILES string of the molecule is COc1ncccc1C(=O)C(C#N)c1nc(C(C)C)cs1. The summed E-state index contributed by atoms with van der Waals surface area (Å²) in [6, 6.07) is 5.29. The molecule has 1 unspecified atom stereocenters. The van der Waals surface area contributed by atoms with Gasteiger partial charge in [0.15, 0.2) is 11.7 Å². The summed E-state index contributed by atoms with van der Waals surface area (Å²) in [4.78, 5) is 20.9. The van der Waals surface area contributed by atoms with Gasteiger partial charge in [0.1, 0.15) is 5.01 Å². The summed E-state index contributed by atoms with van der Waals surface area (Å²) in [5, 5.41) is 11.8. The van der Waals surface area contributed by atoms with Crippen molar-refractivity contribution in [1.29, 1.82) is 5.26 Å². The standard InChI is InChI=1S/C15H15N3O2S/c1-9(2)12-8-21-15(18-12)11(7-16)13(19)10-5-4-6-17-14(10)20-3/h4-6,8-9,11H,1-3H3. The van der Waals surface area contributed by atoms with E-state index in [1.807, 2.05) is 25.3 Å². The van der Waals surface area contributed by atoms with Crippen molar-refractivity contribution >= 4 is 17.1 Å². The van der Waals surface area contributed by atoms with Crippen LogP contribution in [0, 0.1) is 11.3 Å². The summed E-state index contributed by atoms with van der Waals surface area (Å²) in [6.07, 6.45) is 1.54. The number of ketones is 1. The van der Waals surface area contributed by atoms with E-state index >= 15 is 0 Å². The summed E-state index contributed by atoms with van der Waals surface area (Å²) < 4.78 is 5.08. The van der Waals surface area contributed by atoms with Gasteiger partial charge in [-0.2, -0.15) is 5.26 Å². The monoisotopic (exact) mass is 301 g/mol. The highest BCUT2D eigenvalue weighted by Gasteiger charge is 2.27. The first-order valence-corrected chi connectivity index (χ1v) is 7.34. The Bertz CT molecular complexity index is 688. The molecule has 0 fully saturated rings. The molecule has 2 rings (SSSR count). The fourth-order valence-electron chi connectivity index (χ4n) is 1.82. The molecular formula is C15H15N3O2S. The Morgan fingerprint density at radius 3 is 2.81 bits per heavy atom. The number of methoxy groups -OCH3 is 1. The molecule has 1 atom stereocenters. The molecule has 0 aliphatic carbocycles. The molecule has 2 aromatic rings. The van der Waals surface area contributed by atoms with Crippen LogP contribution in [0.5, 0.6) is 5.88 Å². The first-order chi connectivity index (χ1) is 10.1. The van der Waals surface area contributed by atoms with Crippen molar-refractivity contribution in [3.63, 3.8) is 0 Å². The van der Waals surface area contributed by atoms with Crippen LogP contribution in [-0.2, 0) is 0 Å². The highest BCUT2D eigenvalue weighted by atomic mass is 32.1. The number of pyridine rings is 1. The Morgan fingerprint density at radius 2 is 2.24 bits per heavy atom. The van der Waals surface area contributed by atoms with Crippen molar-refractivity contribution in [3.8, 4) is 11.9 Å². The van der Waals surface area contributed by atoms with Crippen LogP contribution in [0.2, 0.25) is 0 Å². The maximum absolute atomic E-state index is 12.6. The van der Waals surface area contributed by atoms with E-state index in [0.717, 1.165) is 5.69 Å². The van der Waals surface area contributed by atoms with E-state index in [2.05, 4.69) is 9.97 Å². The molecule has 0 saturated carbocycles. The number of carbonyl (C=O) groups excluding carboxylic acids is 1. The van der Waals surface area contributed by atoms with E-state index in [-0.39, 0.29) is 17.6 Å². The quantitative estimate of drug-likeness (QED) is 0.793. The van der Waals surface area contributed by atoms with Crippen LogP contribution >= 0.6 is 11.3 Å². The summed E-state index contributed by atoms with van der Waals surface area (Å²) in [7, 11) is 1.45. The largest absolute Gasteiger partial charge is 0.480 e. The minimum atomic E-state index is -0.930. The van der Waals surface area contributed by atoms with Crippen LogP contribution in [0.1, 0.15) is 46.7 Å². The Kier molecular flexibility index (Phi) is 4.66. The molecule has 21 heavy (non-hydrogen) atoms. The van der Waals surface area contributed by atoms with Crippen LogP contribution in [0.25, 0.3) is 0 Å². The molecule has 0 saturated heterocycles. The molecule has 0 aromatic carbocycles. The third-order valence-corrected chi connectivity index (χ3v) is 3.93. The number of hydrogen-bond acceptors (Lipinski definition) is 6. The third-order valence-electron chi connectivity index (χ3n) is 3.00. The zero-order valence-corrected chi connectivity index (χ0v) is 12.8. The van der Waals surface area contributed by atoms with Crippen molar-refractivity contribution < 1.29 is 9.53 Å². The number of hydrogen-bond donors (Lipinski definition) is 0. The molecule has 0 radical (unpaired) electrons. The van der Waals surface area contributed by atoms with Gasteiger partial charge < -0.3 is 4.74 Å². The van der Waals surface area contributed by atoms with Gasteiger partial charge in [-0.25, -0.2) is 9.97 Å². The summed E-state index contributed by atoms with van der Waals surface area (Å²) >= 11 is 1.33. The summed E-state index contributed by atoms with van der Waals surface area (Å²) in [5.41, 5.74) is 1.19. The predicted molar refractivity (Wildman–Crippen MR) is 79.7 cm³/mol. The molecule has 0 spiro atoms. The van der Waals surface area contributed by atoms with Crippen molar-refractivity contribution in [2.45, 2.75) is 25.7 Å². The molecule has 108 valence electrons. The fourth-order valence-corrected chi connectivity index (χ4v) is 2.84. The number of ether oxygens (including phenoxy) is 1. The number of nitrogens with zero attached hydrogens (tertiary/aromatic N) is 3. The molecule has 0 N–H and O–H groups in total. The first-order valence-electron chi connectivity index (χ1n) is 6.46. The second kappa shape index (κ2) is 6.46. The Balaban J connectivity index is 2.37. The number of aromatic nitrogens is 2. The van der Waals surface area contributed by atoms with Crippen molar-refractivity contribution in [3.05, 3.63) is 40.0 Å². The second-order valence-corrected chi connectivity index (χ2v) is 5.64. The lowest BCUT2D eigenvalue weighted by Gasteiger charge is -2.08. The highest BCUT2D eigenvalue weighted by molar-refractivity contribution is 7.10. The van der Waals surface area contributed by atoms with Gasteiger partial charge >= 0.3 is 0 Å². The fraction of sp³-hybridized carbons (Fsp3) is 0.333. The molecule has 0 aliphatic rings. The van der Waals surface area contributed by atoms with E-state index < -0.39 is 5.92 Å². The second-order valence-electron chi connectivity index (χ2n) is 4.75. The van der Waals surface area contributed by atoms with Gasteiger partial charge in [-0.05, 0) is 18.1 Å². The van der Waals surface area contributed by atoms with Crippen LogP contribution in [0.3, 0.4) is 0 Å². The number of nitriles is 1. The Labute approximate surface area is 127 Å². The van der Waals surface area contributed by atoms with Gasteiger partial charge in [-0.1, -0.05) is 13.8 Å². The lowest BCUT2D eigenvalue weighted by atomic mass is 10.0. The third kappa shape index (κ3) is 3.09. The van der Waals surface area contributed by atoms with Crippen molar-refractivity contribution in [2.75, 3.05) is 7.11 Å². The van der Waals surface area contributed by atoms with E-state index in [0.29, 0.717) is 10.6 Å². The van der Waals surface area contributed by atoms with Crippen LogP contribution in [0.15, 0.2) is 23.7 Å². The molecule has 6 heteroatoms. The van der Waals surface area contributed by atoms with Crippen LogP contribution < -0.4 is 4.74 Å². The molecule has 2 heterocycles. The molecular weight excluding hydrogens is 286 g/mol. The maximum Gasteiger partial charge on any atom is 0.224 e. The van der Waals surface area contributed by atoms with Gasteiger partial charge in [-0.3, -0.25) is 4.79 Å². The normalized spacial score (nSPS) is 12.0. The van der Waals surface area contributed by atoms with Crippen LogP contribution in [0.4, 0.5) is 0 Å². The Hall–Kier alpha value is -2.26. The van der Waals surface area contributed by atoms with Gasteiger partial charge in [-0.15, -0.1) is 11.3 Å². The van der Waals surface area contributed by atoms with E-state index in [9.17, 15) is 10.1 Å². The minimum absolute atomic E-state index is 0.225.